The van der Waals surface area contributed by atoms with Crippen LogP contribution in [0.25, 0.3) is 0 Å². The predicted molar refractivity (Wildman–Crippen MR) is 99.1 cm³/mol. The summed E-state index contributed by atoms with van der Waals surface area (Å²) in [7, 11) is 1.84. The Morgan fingerprint density at radius 3 is 2.65 bits per heavy atom. The minimum Gasteiger partial charge on any atom is -0.356 e. The van der Waals surface area contributed by atoms with Crippen molar-refractivity contribution in [2.24, 2.45) is 10.4 Å². The number of aliphatic imine (C=N–C) groups is 1. The summed E-state index contributed by atoms with van der Waals surface area (Å²) in [6.07, 6.45) is 6.76. The Morgan fingerprint density at radius 2 is 2.10 bits per heavy atom. The number of thiophene rings is 1. The molecule has 0 saturated heterocycles. The molecule has 3 nitrogen and oxygen atoms in total. The molecule has 1 aromatic heterocycles. The van der Waals surface area contributed by atoms with E-state index in [0.717, 1.165) is 19.0 Å². The van der Waals surface area contributed by atoms with Gasteiger partial charge < -0.3 is 10.6 Å². The van der Waals surface area contributed by atoms with Crippen LogP contribution in [0.4, 0.5) is 0 Å². The van der Waals surface area contributed by atoms with Gasteiger partial charge in [0.15, 0.2) is 5.96 Å². The molecule has 0 amide bonds. The van der Waals surface area contributed by atoms with Crippen LogP contribution in [-0.2, 0) is 6.54 Å². The monoisotopic (exact) mass is 407 g/mol. The summed E-state index contributed by atoms with van der Waals surface area (Å²) in [6, 6.07) is 4.23. The Labute approximate surface area is 143 Å². The third-order valence-electron chi connectivity index (χ3n) is 4.28. The number of halogens is 1. The lowest BCUT2D eigenvalue weighted by Gasteiger charge is -2.28. The molecule has 0 unspecified atom stereocenters. The quantitative estimate of drug-likeness (QED) is 0.440. The summed E-state index contributed by atoms with van der Waals surface area (Å²) in [5.74, 6) is 0.924. The molecule has 0 atom stereocenters. The number of nitrogens with zero attached hydrogens (tertiary/aromatic N) is 1. The first-order chi connectivity index (χ1) is 9.28. The van der Waals surface area contributed by atoms with Crippen molar-refractivity contribution >= 4 is 41.3 Å². The van der Waals surface area contributed by atoms with Gasteiger partial charge in [-0.25, -0.2) is 0 Å². The second-order valence-corrected chi connectivity index (χ2v) is 6.45. The fourth-order valence-corrected chi connectivity index (χ4v) is 3.50. The Kier molecular flexibility index (Phi) is 7.87. The van der Waals surface area contributed by atoms with Crippen molar-refractivity contribution in [2.45, 2.75) is 45.6 Å². The van der Waals surface area contributed by atoms with Crippen LogP contribution in [-0.4, -0.2) is 19.6 Å². The molecular weight excluding hydrogens is 381 g/mol. The highest BCUT2D eigenvalue weighted by Crippen LogP contribution is 2.40. The predicted octanol–water partition coefficient (Wildman–Crippen LogP) is 4.00. The molecule has 0 spiro atoms. The van der Waals surface area contributed by atoms with E-state index in [4.69, 9.17) is 0 Å². The molecule has 2 rings (SSSR count). The molecule has 5 heteroatoms. The second kappa shape index (κ2) is 8.87. The normalized spacial score (nSPS) is 17.6. The minimum atomic E-state index is 0. The molecular formula is C15H26IN3S. The maximum absolute atomic E-state index is 4.31. The van der Waals surface area contributed by atoms with Gasteiger partial charge >= 0.3 is 0 Å². The van der Waals surface area contributed by atoms with Crippen LogP contribution in [0.1, 0.15) is 43.9 Å². The lowest BCUT2D eigenvalue weighted by Crippen LogP contribution is -2.42. The summed E-state index contributed by atoms with van der Waals surface area (Å²) in [6.45, 7) is 4.22. The van der Waals surface area contributed by atoms with Crippen molar-refractivity contribution in [1.82, 2.24) is 10.6 Å². The van der Waals surface area contributed by atoms with Gasteiger partial charge in [0, 0.05) is 18.5 Å². The van der Waals surface area contributed by atoms with Crippen LogP contribution in [0.5, 0.6) is 0 Å². The lowest BCUT2D eigenvalue weighted by molar-refractivity contribution is 0.283. The molecule has 1 saturated carbocycles. The van der Waals surface area contributed by atoms with Crippen LogP contribution in [0.3, 0.4) is 0 Å². The highest BCUT2D eigenvalue weighted by molar-refractivity contribution is 14.0. The Hall–Kier alpha value is -0.300. The van der Waals surface area contributed by atoms with E-state index in [1.165, 1.54) is 37.0 Å². The molecule has 1 aliphatic carbocycles. The molecule has 0 aliphatic heterocycles. The van der Waals surface area contributed by atoms with Crippen LogP contribution >= 0.6 is 35.3 Å². The largest absolute Gasteiger partial charge is 0.356 e. The molecule has 20 heavy (non-hydrogen) atoms. The van der Waals surface area contributed by atoms with Gasteiger partial charge in [0.05, 0.1) is 6.54 Å². The smallest absolute Gasteiger partial charge is 0.191 e. The fourth-order valence-electron chi connectivity index (χ4n) is 2.86. The first-order valence-electron chi connectivity index (χ1n) is 7.25. The van der Waals surface area contributed by atoms with Crippen molar-refractivity contribution in [3.63, 3.8) is 0 Å². The van der Waals surface area contributed by atoms with Gasteiger partial charge in [-0.1, -0.05) is 25.8 Å². The van der Waals surface area contributed by atoms with Crippen molar-refractivity contribution in [2.75, 3.05) is 13.6 Å². The van der Waals surface area contributed by atoms with E-state index >= 15 is 0 Å². The highest BCUT2D eigenvalue weighted by Gasteiger charge is 2.31. The van der Waals surface area contributed by atoms with E-state index in [1.807, 2.05) is 7.05 Å². The van der Waals surface area contributed by atoms with E-state index in [9.17, 15) is 0 Å². The molecule has 1 fully saturated rings. The van der Waals surface area contributed by atoms with E-state index in [0.29, 0.717) is 5.41 Å². The molecule has 1 aliphatic rings. The highest BCUT2D eigenvalue weighted by atomic mass is 127. The van der Waals surface area contributed by atoms with Crippen molar-refractivity contribution in [3.05, 3.63) is 22.4 Å². The van der Waals surface area contributed by atoms with Crippen molar-refractivity contribution in [1.29, 1.82) is 0 Å². The molecule has 1 aromatic rings. The molecule has 1 heterocycles. The van der Waals surface area contributed by atoms with Crippen LogP contribution in [0.2, 0.25) is 0 Å². The molecule has 0 radical (unpaired) electrons. The standard InChI is InChI=1S/C15H25N3S.HI/c1-3-15(8-4-5-9-15)12-18-14(16-2)17-11-13-7-6-10-19-13;/h6-7,10H,3-5,8-9,11-12H2,1-2H3,(H2,16,17,18);1H. The zero-order chi connectivity index (χ0) is 13.6. The van der Waals surface area contributed by atoms with Crippen molar-refractivity contribution < 1.29 is 0 Å². The van der Waals surface area contributed by atoms with E-state index in [2.05, 4.69) is 40.1 Å². The van der Waals surface area contributed by atoms with E-state index in [-0.39, 0.29) is 24.0 Å². The summed E-state index contributed by atoms with van der Waals surface area (Å²) >= 11 is 1.78. The topological polar surface area (TPSA) is 36.4 Å². The zero-order valence-electron chi connectivity index (χ0n) is 12.4. The maximum atomic E-state index is 4.31. The van der Waals surface area contributed by atoms with Gasteiger partial charge in [-0.3, -0.25) is 4.99 Å². The molecule has 2 N–H and O–H groups in total. The Bertz CT molecular complexity index is 397. The number of hydrogen-bond acceptors (Lipinski definition) is 2. The number of rotatable bonds is 5. The van der Waals surface area contributed by atoms with E-state index < -0.39 is 0 Å². The summed E-state index contributed by atoms with van der Waals surface area (Å²) in [4.78, 5) is 5.65. The van der Waals surface area contributed by atoms with Crippen LogP contribution in [0, 0.1) is 5.41 Å². The maximum Gasteiger partial charge on any atom is 0.191 e. The van der Waals surface area contributed by atoms with Crippen molar-refractivity contribution in [3.8, 4) is 0 Å². The number of nitrogens with one attached hydrogen (secondary N) is 2. The molecule has 0 aromatic carbocycles. The summed E-state index contributed by atoms with van der Waals surface area (Å²) < 4.78 is 0. The first-order valence-corrected chi connectivity index (χ1v) is 8.13. The average Bonchev–Trinajstić information content (AvgIpc) is 3.11. The lowest BCUT2D eigenvalue weighted by atomic mass is 9.83. The van der Waals surface area contributed by atoms with E-state index in [1.54, 1.807) is 11.3 Å². The Morgan fingerprint density at radius 1 is 1.35 bits per heavy atom. The van der Waals surface area contributed by atoms with Gasteiger partial charge in [-0.05, 0) is 36.1 Å². The third-order valence-corrected chi connectivity index (χ3v) is 5.16. The zero-order valence-corrected chi connectivity index (χ0v) is 15.6. The minimum absolute atomic E-state index is 0. The van der Waals surface area contributed by atoms with Gasteiger partial charge in [0.25, 0.3) is 0 Å². The fraction of sp³-hybridized carbons (Fsp3) is 0.667. The van der Waals surface area contributed by atoms with Crippen LogP contribution in [0.15, 0.2) is 22.5 Å². The second-order valence-electron chi connectivity index (χ2n) is 5.42. The van der Waals surface area contributed by atoms with Gasteiger partial charge in [0.1, 0.15) is 0 Å². The third kappa shape index (κ3) is 4.91. The van der Waals surface area contributed by atoms with Crippen LogP contribution < -0.4 is 10.6 Å². The average molecular weight is 407 g/mol. The summed E-state index contributed by atoms with van der Waals surface area (Å²) in [5.41, 5.74) is 0.501. The molecule has 114 valence electrons. The Balaban J connectivity index is 0.00000200. The van der Waals surface area contributed by atoms with Gasteiger partial charge in [-0.15, -0.1) is 35.3 Å². The van der Waals surface area contributed by atoms with Gasteiger partial charge in [0.2, 0.25) is 0 Å². The summed E-state index contributed by atoms with van der Waals surface area (Å²) in [5, 5.41) is 9.00. The SMILES string of the molecule is CCC1(CNC(=NC)NCc2cccs2)CCCC1.I. The van der Waals surface area contributed by atoms with Gasteiger partial charge in [-0.2, -0.15) is 0 Å². The molecule has 0 bridgehead atoms. The number of hydrogen-bond donors (Lipinski definition) is 2. The first kappa shape index (κ1) is 17.8. The number of guanidine groups is 1.